The van der Waals surface area contributed by atoms with Crippen LogP contribution in [0.2, 0.25) is 5.02 Å². The molecule has 1 aliphatic carbocycles. The molecule has 0 amide bonds. The molecule has 13 nitrogen and oxygen atoms in total. The van der Waals surface area contributed by atoms with Gasteiger partial charge in [0.1, 0.15) is 24.1 Å². The van der Waals surface area contributed by atoms with Gasteiger partial charge in [-0.05, 0) is 63.8 Å². The molecule has 1 aromatic carbocycles. The fraction of sp³-hybridized carbons (Fsp3) is 0.538. The van der Waals surface area contributed by atoms with Gasteiger partial charge < -0.3 is 24.5 Å². The number of hydrogen-bond acceptors (Lipinski definition) is 11. The van der Waals surface area contributed by atoms with Crippen LogP contribution in [-0.4, -0.2) is 50.5 Å². The summed E-state index contributed by atoms with van der Waals surface area (Å²) in [5.74, 6) is -0.106. The minimum absolute atomic E-state index is 0.0321. The van der Waals surface area contributed by atoms with Gasteiger partial charge in [-0.2, -0.15) is 15.1 Å². The molecule has 1 aliphatic heterocycles. The number of ether oxygens (including phenoxy) is 3. The molecule has 1 unspecified atom stereocenters. The summed E-state index contributed by atoms with van der Waals surface area (Å²) in [5.41, 5.74) is 6.79. The number of halogens is 1. The Morgan fingerprint density at radius 3 is 2.71 bits per heavy atom. The van der Waals surface area contributed by atoms with Crippen LogP contribution in [0.1, 0.15) is 59.1 Å². The molecule has 2 aromatic heterocycles. The molecular weight excluding hydrogens is 575 g/mol. The molecule has 1 saturated heterocycles. The second kappa shape index (κ2) is 12.5. The van der Waals surface area contributed by atoms with Crippen LogP contribution in [0.3, 0.4) is 0 Å². The third kappa shape index (κ3) is 6.92. The minimum atomic E-state index is -4.17. The third-order valence-corrected chi connectivity index (χ3v) is 8.81. The van der Waals surface area contributed by atoms with Crippen LogP contribution >= 0.6 is 19.3 Å². The van der Waals surface area contributed by atoms with E-state index in [0.717, 1.165) is 25.7 Å². The van der Waals surface area contributed by atoms with E-state index in [1.165, 1.54) is 0 Å². The summed E-state index contributed by atoms with van der Waals surface area (Å²) in [5, 5.41) is 3.21. The molecular formula is C26H34ClN6O7P. The predicted octanol–water partition coefficient (Wildman–Crippen LogP) is 5.01. The first kappa shape index (κ1) is 29.5. The Bertz CT molecular complexity index is 1420. The van der Waals surface area contributed by atoms with Crippen LogP contribution in [0, 0.1) is 5.92 Å². The smallest absolute Gasteiger partial charge is 0.461 e. The van der Waals surface area contributed by atoms with Crippen molar-refractivity contribution in [1.82, 2.24) is 24.6 Å². The fourth-order valence-electron chi connectivity index (χ4n) is 4.93. The average Bonchev–Trinajstić information content (AvgIpc) is 3.66. The highest BCUT2D eigenvalue weighted by Gasteiger charge is 2.42. The Balaban J connectivity index is 1.34. The lowest BCUT2D eigenvalue weighted by molar-refractivity contribution is -0.150. The molecule has 0 bridgehead atoms. The van der Waals surface area contributed by atoms with Gasteiger partial charge in [-0.3, -0.25) is 13.9 Å². The van der Waals surface area contributed by atoms with Crippen LogP contribution in [0.5, 0.6) is 11.6 Å². The summed E-state index contributed by atoms with van der Waals surface area (Å²) >= 11 is 6.00. The molecule has 3 aromatic rings. The maximum Gasteiger partial charge on any atom is 0.461 e. The number of nitrogen functional groups attached to an aromatic ring is 1. The lowest BCUT2D eigenvalue weighted by Gasteiger charge is -2.26. The zero-order valence-electron chi connectivity index (χ0n) is 23.1. The minimum Gasteiger partial charge on any atom is -0.476 e. The highest BCUT2D eigenvalue weighted by Crippen LogP contribution is 2.50. The molecule has 41 heavy (non-hydrogen) atoms. The van der Waals surface area contributed by atoms with Crippen molar-refractivity contribution in [3.05, 3.63) is 35.6 Å². The van der Waals surface area contributed by atoms with Crippen molar-refractivity contribution in [1.29, 1.82) is 0 Å². The largest absolute Gasteiger partial charge is 0.476 e. The fourth-order valence-corrected chi connectivity index (χ4v) is 6.64. The van der Waals surface area contributed by atoms with Crippen LogP contribution < -0.4 is 20.1 Å². The van der Waals surface area contributed by atoms with E-state index in [2.05, 4.69) is 20.0 Å². The van der Waals surface area contributed by atoms with Gasteiger partial charge in [-0.15, -0.1) is 0 Å². The normalized spacial score (nSPS) is 23.4. The number of carbonyl (C=O) groups excluding carboxylic acids is 1. The van der Waals surface area contributed by atoms with E-state index < -0.39 is 32.3 Å². The highest BCUT2D eigenvalue weighted by atomic mass is 35.5. The van der Waals surface area contributed by atoms with Gasteiger partial charge in [-0.25, -0.2) is 9.55 Å². The van der Waals surface area contributed by atoms with Crippen molar-refractivity contribution in [3.8, 4) is 11.6 Å². The summed E-state index contributed by atoms with van der Waals surface area (Å²) in [6.07, 6.45) is 3.89. The molecule has 2 fully saturated rings. The number of benzene rings is 1. The van der Waals surface area contributed by atoms with Gasteiger partial charge in [0.25, 0.3) is 0 Å². The molecule has 5 rings (SSSR count). The Labute approximate surface area is 242 Å². The zero-order chi connectivity index (χ0) is 29.1. The summed E-state index contributed by atoms with van der Waals surface area (Å²) < 4.78 is 44.9. The maximum absolute atomic E-state index is 14.1. The van der Waals surface area contributed by atoms with E-state index in [9.17, 15) is 9.36 Å². The number of aromatic nitrogens is 4. The Morgan fingerprint density at radius 2 is 2.00 bits per heavy atom. The second-order valence-corrected chi connectivity index (χ2v) is 12.2. The van der Waals surface area contributed by atoms with Gasteiger partial charge in [0.15, 0.2) is 17.5 Å². The topological polar surface area (TPSA) is 162 Å². The summed E-state index contributed by atoms with van der Waals surface area (Å²) in [4.78, 5) is 25.7. The van der Waals surface area contributed by atoms with Crippen molar-refractivity contribution < 1.29 is 32.6 Å². The highest BCUT2D eigenvalue weighted by molar-refractivity contribution is 7.52. The number of hydrogen-bond donors (Lipinski definition) is 2. The molecule has 0 radical (unpaired) electrons. The van der Waals surface area contributed by atoms with Crippen LogP contribution in [0.15, 0.2) is 30.6 Å². The Morgan fingerprint density at radius 1 is 1.27 bits per heavy atom. The first-order chi connectivity index (χ1) is 19.6. The van der Waals surface area contributed by atoms with E-state index in [1.807, 2.05) is 13.8 Å². The molecule has 3 heterocycles. The maximum atomic E-state index is 14.1. The monoisotopic (exact) mass is 608 g/mol. The first-order valence-corrected chi connectivity index (χ1v) is 15.6. The van der Waals surface area contributed by atoms with E-state index in [1.54, 1.807) is 42.1 Å². The van der Waals surface area contributed by atoms with E-state index in [4.69, 9.17) is 40.6 Å². The Kier molecular flexibility index (Phi) is 9.00. The molecule has 3 N–H and O–H groups in total. The number of esters is 1. The Hall–Kier alpha value is -2.96. The van der Waals surface area contributed by atoms with Crippen LogP contribution in [0.25, 0.3) is 11.2 Å². The van der Waals surface area contributed by atoms with Gasteiger partial charge in [0, 0.05) is 17.4 Å². The van der Waals surface area contributed by atoms with Gasteiger partial charge in [0.05, 0.1) is 12.9 Å². The molecule has 222 valence electrons. The van der Waals surface area contributed by atoms with Gasteiger partial charge >= 0.3 is 13.7 Å². The number of nitrogens with one attached hydrogen (secondary N) is 1. The lowest BCUT2D eigenvalue weighted by Crippen LogP contribution is -2.37. The summed E-state index contributed by atoms with van der Waals surface area (Å²) in [7, 11) is -4.17. The average molecular weight is 609 g/mol. The van der Waals surface area contributed by atoms with Crippen molar-refractivity contribution in [2.75, 3.05) is 12.3 Å². The zero-order valence-corrected chi connectivity index (χ0v) is 24.7. The number of nitrogens with zero attached hydrogens (tertiary/aromatic N) is 4. The van der Waals surface area contributed by atoms with Gasteiger partial charge in [-0.1, -0.05) is 18.5 Å². The summed E-state index contributed by atoms with van der Waals surface area (Å²) in [6, 6.07) is 5.33. The molecule has 2 aliphatic rings. The van der Waals surface area contributed by atoms with Crippen molar-refractivity contribution in [3.63, 3.8) is 0 Å². The van der Waals surface area contributed by atoms with Crippen LogP contribution in [0.4, 0.5) is 5.95 Å². The van der Waals surface area contributed by atoms with Crippen molar-refractivity contribution in [2.24, 2.45) is 5.92 Å². The van der Waals surface area contributed by atoms with E-state index in [0.29, 0.717) is 29.2 Å². The number of rotatable bonds is 11. The lowest BCUT2D eigenvalue weighted by atomic mass is 10.1. The molecule has 15 heteroatoms. The molecule has 5 atom stereocenters. The first-order valence-electron chi connectivity index (χ1n) is 13.6. The summed E-state index contributed by atoms with van der Waals surface area (Å²) in [6.45, 7) is 5.72. The second-order valence-electron chi connectivity index (χ2n) is 10.2. The van der Waals surface area contributed by atoms with Gasteiger partial charge in [0.2, 0.25) is 11.8 Å². The van der Waals surface area contributed by atoms with E-state index in [-0.39, 0.29) is 29.6 Å². The van der Waals surface area contributed by atoms with E-state index >= 15 is 0 Å². The number of carbonyl (C=O) groups is 1. The number of fused-ring (bicyclic) bond motifs is 1. The number of nitrogens with two attached hydrogens (primary N) is 1. The third-order valence-electron chi connectivity index (χ3n) is 6.89. The van der Waals surface area contributed by atoms with Crippen LogP contribution in [-0.2, 0) is 23.4 Å². The number of imidazole rings is 1. The van der Waals surface area contributed by atoms with Crippen molar-refractivity contribution >= 4 is 42.4 Å². The predicted molar refractivity (Wildman–Crippen MR) is 150 cm³/mol. The molecule has 1 saturated carbocycles. The standard InChI is InChI=1S/C26H34ClN6O7P/c1-4-36-23-21-22(30-26(28)31-23)33(14-29-21)24-15(2)13-20(38-24)40-41(35,39-19-11-9-17(27)10-12-19)32-16(3)25(34)37-18-7-5-6-8-18/h9-12,14-16,18,20,24H,4-8,13H2,1-3H3,(H,32,35)(H2,28,30,31)/t15-,16-,20+,24+,41?/m0/s1. The van der Waals surface area contributed by atoms with Crippen molar-refractivity contribution in [2.45, 2.75) is 77.5 Å². The number of anilines is 1. The quantitative estimate of drug-likeness (QED) is 0.221. The molecule has 0 spiro atoms. The SMILES string of the molecule is CCOc1nc(N)nc2c1ncn2[C@@H]1O[C@H](OP(=O)(N[C@@H](C)C(=O)OC2CCCC2)Oc2ccc(Cl)cc2)C[C@@H]1C.